The third kappa shape index (κ3) is 2.90. The Balaban J connectivity index is 2.67. The van der Waals surface area contributed by atoms with Crippen molar-refractivity contribution in [1.29, 1.82) is 0 Å². The van der Waals surface area contributed by atoms with Crippen LogP contribution in [0.3, 0.4) is 0 Å². The number of halogens is 3. The van der Waals surface area contributed by atoms with Crippen LogP contribution >= 0.6 is 33.3 Å². The molecule has 0 unspecified atom stereocenters. The lowest BCUT2D eigenvalue weighted by atomic mass is 10.2. The predicted octanol–water partition coefficient (Wildman–Crippen LogP) is 2.64. The van der Waals surface area contributed by atoms with Gasteiger partial charge in [0.1, 0.15) is 5.82 Å². The van der Waals surface area contributed by atoms with Crippen LogP contribution in [0.15, 0.2) is 23.4 Å². The fraction of sp³-hybridized carbons (Fsp3) is 0.200. The highest BCUT2D eigenvalue weighted by atomic mass is 127. The van der Waals surface area contributed by atoms with Crippen molar-refractivity contribution in [1.82, 2.24) is 14.8 Å². The monoisotopic (exact) mass is 415 g/mol. The Bertz CT molecular complexity index is 732. The Labute approximate surface area is 127 Å². The van der Waals surface area contributed by atoms with E-state index in [1.807, 2.05) is 22.6 Å². The van der Waals surface area contributed by atoms with Gasteiger partial charge in [-0.1, -0.05) is 0 Å². The smallest absolute Gasteiger partial charge is 0.296 e. The van der Waals surface area contributed by atoms with Crippen LogP contribution in [0.4, 0.5) is 4.39 Å². The summed E-state index contributed by atoms with van der Waals surface area (Å²) in [5, 5.41) is 7.12. The van der Waals surface area contributed by atoms with Gasteiger partial charge in [-0.05, 0) is 47.7 Å². The molecule has 0 bridgehead atoms. The average molecular weight is 416 g/mol. The third-order valence-corrected chi connectivity index (χ3v) is 4.47. The van der Waals surface area contributed by atoms with Gasteiger partial charge in [-0.2, -0.15) is 0 Å². The quantitative estimate of drug-likeness (QED) is 0.571. The molecule has 19 heavy (non-hydrogen) atoms. The first-order chi connectivity index (χ1) is 8.84. The molecule has 9 heteroatoms. The van der Waals surface area contributed by atoms with Gasteiger partial charge in [-0.25, -0.2) is 12.8 Å². The Kier molecular flexibility index (Phi) is 4.11. The van der Waals surface area contributed by atoms with E-state index in [2.05, 4.69) is 10.2 Å². The van der Waals surface area contributed by atoms with Crippen molar-refractivity contribution < 1.29 is 12.8 Å². The number of hydrogen-bond acceptors (Lipinski definition) is 4. The molecular formula is C10H8ClFIN3O2S. The maximum Gasteiger partial charge on any atom is 0.296 e. The molecule has 0 aliphatic carbocycles. The summed E-state index contributed by atoms with van der Waals surface area (Å²) in [4.78, 5) is 0. The maximum absolute atomic E-state index is 13.1. The Hall–Kier alpha value is -0.740. The Morgan fingerprint density at radius 1 is 1.42 bits per heavy atom. The molecule has 0 amide bonds. The van der Waals surface area contributed by atoms with Gasteiger partial charge in [0, 0.05) is 26.4 Å². The zero-order chi connectivity index (χ0) is 14.2. The molecule has 0 aliphatic rings. The normalized spacial score (nSPS) is 11.8. The van der Waals surface area contributed by atoms with E-state index in [4.69, 9.17) is 10.7 Å². The lowest BCUT2D eigenvalue weighted by Crippen LogP contribution is -2.06. The van der Waals surface area contributed by atoms with E-state index in [0.717, 1.165) is 0 Å². The van der Waals surface area contributed by atoms with Gasteiger partial charge in [-0.15, -0.1) is 10.2 Å². The molecule has 1 aromatic carbocycles. The minimum Gasteiger partial charge on any atom is -0.297 e. The lowest BCUT2D eigenvalue weighted by Gasteiger charge is -2.07. The average Bonchev–Trinajstić information content (AvgIpc) is 2.72. The number of rotatable bonds is 3. The fourth-order valence-electron chi connectivity index (χ4n) is 1.62. The first-order valence-electron chi connectivity index (χ1n) is 5.18. The largest absolute Gasteiger partial charge is 0.297 e. The zero-order valence-electron chi connectivity index (χ0n) is 9.64. The summed E-state index contributed by atoms with van der Waals surface area (Å²) in [6, 6.07) is 4.14. The number of benzene rings is 1. The van der Waals surface area contributed by atoms with Crippen LogP contribution in [0, 0.1) is 9.39 Å². The van der Waals surface area contributed by atoms with Crippen molar-refractivity contribution in [2.75, 3.05) is 0 Å². The van der Waals surface area contributed by atoms with Gasteiger partial charge >= 0.3 is 0 Å². The zero-order valence-corrected chi connectivity index (χ0v) is 13.4. The lowest BCUT2D eigenvalue weighted by molar-refractivity contribution is 0.582. The van der Waals surface area contributed by atoms with Crippen LogP contribution in [-0.4, -0.2) is 23.2 Å². The van der Waals surface area contributed by atoms with E-state index in [1.54, 1.807) is 6.92 Å². The molecular weight excluding hydrogens is 408 g/mol. The first-order valence-corrected chi connectivity index (χ1v) is 8.56. The molecule has 0 atom stereocenters. The van der Waals surface area contributed by atoms with Gasteiger partial charge < -0.3 is 0 Å². The molecule has 5 nitrogen and oxygen atoms in total. The first kappa shape index (κ1) is 14.7. The van der Waals surface area contributed by atoms with Crippen LogP contribution in [0.2, 0.25) is 0 Å². The maximum atomic E-state index is 13.1. The predicted molar refractivity (Wildman–Crippen MR) is 76.8 cm³/mol. The van der Waals surface area contributed by atoms with Crippen molar-refractivity contribution in [3.05, 3.63) is 27.6 Å². The highest BCUT2D eigenvalue weighted by Gasteiger charge is 2.23. The van der Waals surface area contributed by atoms with Gasteiger partial charge in [0.25, 0.3) is 14.2 Å². The summed E-state index contributed by atoms with van der Waals surface area (Å²) in [6.45, 7) is 2.08. The molecule has 102 valence electrons. The summed E-state index contributed by atoms with van der Waals surface area (Å²) in [7, 11) is 1.33. The van der Waals surface area contributed by atoms with Crippen molar-refractivity contribution in [2.45, 2.75) is 18.6 Å². The van der Waals surface area contributed by atoms with E-state index >= 15 is 0 Å². The minimum absolute atomic E-state index is 0.313. The number of hydrogen-bond donors (Lipinski definition) is 0. The second-order valence-corrected chi connectivity index (χ2v) is 7.23. The van der Waals surface area contributed by atoms with Gasteiger partial charge in [0.05, 0.1) is 0 Å². The SMILES string of the molecule is CCn1c(-c2ccc(F)cc2I)nnc1S(=O)(=O)Cl. The molecule has 2 aromatic rings. The molecule has 2 rings (SSSR count). The Morgan fingerprint density at radius 2 is 2.11 bits per heavy atom. The second-order valence-electron chi connectivity index (χ2n) is 3.61. The molecule has 0 radical (unpaired) electrons. The van der Waals surface area contributed by atoms with Gasteiger partial charge in [-0.3, -0.25) is 4.57 Å². The Morgan fingerprint density at radius 3 is 2.63 bits per heavy atom. The molecule has 0 saturated heterocycles. The third-order valence-electron chi connectivity index (χ3n) is 2.42. The van der Waals surface area contributed by atoms with Crippen molar-refractivity contribution >= 4 is 42.3 Å². The second kappa shape index (κ2) is 5.33. The number of aromatic nitrogens is 3. The van der Waals surface area contributed by atoms with Crippen molar-refractivity contribution in [3.8, 4) is 11.4 Å². The van der Waals surface area contributed by atoms with Crippen LogP contribution in [0.25, 0.3) is 11.4 Å². The van der Waals surface area contributed by atoms with E-state index in [1.165, 1.54) is 22.8 Å². The van der Waals surface area contributed by atoms with Gasteiger partial charge in [0.2, 0.25) is 0 Å². The van der Waals surface area contributed by atoms with Gasteiger partial charge in [0.15, 0.2) is 5.82 Å². The van der Waals surface area contributed by atoms with Crippen molar-refractivity contribution in [2.24, 2.45) is 0 Å². The van der Waals surface area contributed by atoms with Crippen LogP contribution < -0.4 is 0 Å². The number of nitrogens with zero attached hydrogens (tertiary/aromatic N) is 3. The molecule has 0 aliphatic heterocycles. The molecule has 0 fully saturated rings. The summed E-state index contributed by atoms with van der Waals surface area (Å²) < 4.78 is 37.8. The van der Waals surface area contributed by atoms with Crippen LogP contribution in [-0.2, 0) is 15.6 Å². The van der Waals surface area contributed by atoms with E-state index in [0.29, 0.717) is 21.5 Å². The minimum atomic E-state index is -3.97. The highest BCUT2D eigenvalue weighted by molar-refractivity contribution is 14.1. The van der Waals surface area contributed by atoms with Crippen LogP contribution in [0.5, 0.6) is 0 Å². The molecule has 0 spiro atoms. The fourth-order valence-corrected chi connectivity index (χ4v) is 3.30. The molecule has 0 saturated carbocycles. The summed E-state index contributed by atoms with van der Waals surface area (Å²) in [5.74, 6) is -0.0352. The molecule has 1 aromatic heterocycles. The summed E-state index contributed by atoms with van der Waals surface area (Å²) in [6.07, 6.45) is 0. The van der Waals surface area contributed by atoms with Crippen molar-refractivity contribution in [3.63, 3.8) is 0 Å². The molecule has 0 N–H and O–H groups in total. The standard InChI is InChI=1S/C10H8ClFIN3O2S/c1-2-16-9(14-15-10(16)19(11,17)18)7-4-3-6(12)5-8(7)13/h3-5H,2H2,1H3. The van der Waals surface area contributed by atoms with E-state index in [9.17, 15) is 12.8 Å². The summed E-state index contributed by atoms with van der Waals surface area (Å²) >= 11 is 1.95. The van der Waals surface area contributed by atoms with E-state index < -0.39 is 9.05 Å². The topological polar surface area (TPSA) is 64.8 Å². The summed E-state index contributed by atoms with van der Waals surface area (Å²) in [5.41, 5.74) is 0.600. The van der Waals surface area contributed by atoms with E-state index in [-0.39, 0.29) is 11.0 Å². The van der Waals surface area contributed by atoms with Crippen LogP contribution in [0.1, 0.15) is 6.92 Å². The molecule has 1 heterocycles. The highest BCUT2D eigenvalue weighted by Crippen LogP contribution is 2.27.